The van der Waals surface area contributed by atoms with Gasteiger partial charge in [-0.15, -0.1) is 0 Å². The molecule has 0 aliphatic carbocycles. The Bertz CT molecular complexity index is 485. The topological polar surface area (TPSA) is 57.6 Å². The quantitative estimate of drug-likeness (QED) is 0.605. The molecule has 1 fully saturated rings. The summed E-state index contributed by atoms with van der Waals surface area (Å²) >= 11 is 0. The lowest BCUT2D eigenvalue weighted by molar-refractivity contribution is 0.00578. The Labute approximate surface area is 113 Å². The second kappa shape index (κ2) is 4.61. The summed E-state index contributed by atoms with van der Waals surface area (Å²) in [5.41, 5.74) is 0.0888. The molecule has 0 radical (unpaired) electrons. The molecule has 1 aliphatic rings. The molecule has 6 heteroatoms. The molecule has 0 unspecified atom stereocenters. The van der Waals surface area contributed by atoms with Crippen LogP contribution < -0.4 is 10.2 Å². The Morgan fingerprint density at radius 2 is 1.79 bits per heavy atom. The number of pyridine rings is 1. The predicted octanol–water partition coefficient (Wildman–Crippen LogP) is 1.20. The van der Waals surface area contributed by atoms with Crippen LogP contribution in [0.1, 0.15) is 38.1 Å². The lowest BCUT2D eigenvalue weighted by Crippen LogP contribution is -2.41. The summed E-state index contributed by atoms with van der Waals surface area (Å²) in [6.07, 6.45) is 3.81. The van der Waals surface area contributed by atoms with Crippen LogP contribution in [0.5, 0.6) is 5.75 Å². The van der Waals surface area contributed by atoms with E-state index < -0.39 is 18.3 Å². The second-order valence-electron chi connectivity index (χ2n) is 5.55. The number of ether oxygens (including phenoxy) is 1. The summed E-state index contributed by atoms with van der Waals surface area (Å²) in [7, 11) is 0.880. The number of hydrogen-bond acceptors (Lipinski definition) is 5. The number of aromatic nitrogens is 1. The van der Waals surface area contributed by atoms with Crippen LogP contribution in [0.2, 0.25) is 0 Å². The van der Waals surface area contributed by atoms with Gasteiger partial charge in [0.2, 0.25) is 0 Å². The molecule has 0 atom stereocenters. The van der Waals surface area contributed by atoms with Crippen LogP contribution in [0, 0.1) is 0 Å². The van der Waals surface area contributed by atoms with E-state index in [1.165, 1.54) is 13.3 Å². The molecule has 1 aromatic rings. The third kappa shape index (κ3) is 2.26. The number of carbonyl (C=O) groups excluding carboxylic acids is 1. The van der Waals surface area contributed by atoms with Gasteiger partial charge in [-0.05, 0) is 27.7 Å². The molecule has 19 heavy (non-hydrogen) atoms. The van der Waals surface area contributed by atoms with Crippen molar-refractivity contribution in [2.75, 3.05) is 7.11 Å². The zero-order valence-electron chi connectivity index (χ0n) is 11.9. The first kappa shape index (κ1) is 14.0. The van der Waals surface area contributed by atoms with Crippen molar-refractivity contribution < 1.29 is 18.8 Å². The van der Waals surface area contributed by atoms with Gasteiger partial charge < -0.3 is 14.0 Å². The first-order valence-corrected chi connectivity index (χ1v) is 6.15. The van der Waals surface area contributed by atoms with Gasteiger partial charge in [-0.2, -0.15) is 0 Å². The maximum atomic E-state index is 11.3. The zero-order valence-corrected chi connectivity index (χ0v) is 11.9. The second-order valence-corrected chi connectivity index (χ2v) is 5.55. The molecule has 0 saturated carbocycles. The molecule has 0 bridgehead atoms. The smallest absolute Gasteiger partial charge is 0.494 e. The van der Waals surface area contributed by atoms with E-state index in [0.29, 0.717) is 16.8 Å². The van der Waals surface area contributed by atoms with E-state index in [2.05, 4.69) is 4.98 Å². The van der Waals surface area contributed by atoms with E-state index in [4.69, 9.17) is 14.0 Å². The Hall–Kier alpha value is -1.40. The van der Waals surface area contributed by atoms with E-state index in [1.54, 1.807) is 6.20 Å². The van der Waals surface area contributed by atoms with Gasteiger partial charge in [-0.1, -0.05) is 0 Å². The number of nitrogens with zero attached hydrogens (tertiary/aromatic N) is 1. The standard InChI is InChI=1S/C13H18BNO4/c1-12(2)13(3,4)19-14(18-12)10-6-15-7-11(17-5)9(10)8-16/h6-8H,1-5H3. The predicted molar refractivity (Wildman–Crippen MR) is 71.9 cm³/mol. The van der Waals surface area contributed by atoms with Gasteiger partial charge in [0.25, 0.3) is 0 Å². The Morgan fingerprint density at radius 3 is 2.26 bits per heavy atom. The number of methoxy groups -OCH3 is 1. The van der Waals surface area contributed by atoms with Crippen molar-refractivity contribution in [2.45, 2.75) is 38.9 Å². The minimum atomic E-state index is -0.618. The molecule has 2 heterocycles. The first-order chi connectivity index (χ1) is 8.82. The average molecular weight is 263 g/mol. The van der Waals surface area contributed by atoms with Crippen molar-refractivity contribution in [2.24, 2.45) is 0 Å². The summed E-state index contributed by atoms with van der Waals surface area (Å²) in [6.45, 7) is 7.84. The zero-order chi connectivity index (χ0) is 14.3. The summed E-state index contributed by atoms with van der Waals surface area (Å²) in [6, 6.07) is 0. The van der Waals surface area contributed by atoms with Gasteiger partial charge in [0.1, 0.15) is 5.75 Å². The van der Waals surface area contributed by atoms with E-state index in [1.807, 2.05) is 27.7 Å². The van der Waals surface area contributed by atoms with E-state index in [0.717, 1.165) is 6.29 Å². The number of rotatable bonds is 3. The molecule has 1 aromatic heterocycles. The van der Waals surface area contributed by atoms with Gasteiger partial charge in [-0.3, -0.25) is 9.78 Å². The van der Waals surface area contributed by atoms with Gasteiger partial charge in [-0.25, -0.2) is 0 Å². The highest BCUT2D eigenvalue weighted by molar-refractivity contribution is 6.63. The molecular weight excluding hydrogens is 245 g/mol. The van der Waals surface area contributed by atoms with Crippen molar-refractivity contribution in [3.05, 3.63) is 18.0 Å². The fourth-order valence-electron chi connectivity index (χ4n) is 1.91. The van der Waals surface area contributed by atoms with Crippen molar-refractivity contribution in [3.63, 3.8) is 0 Å². The van der Waals surface area contributed by atoms with Crippen LogP contribution in [0.3, 0.4) is 0 Å². The fourth-order valence-corrected chi connectivity index (χ4v) is 1.91. The van der Waals surface area contributed by atoms with Gasteiger partial charge in [0, 0.05) is 11.7 Å². The van der Waals surface area contributed by atoms with Crippen molar-refractivity contribution in [3.8, 4) is 5.75 Å². The normalized spacial score (nSPS) is 20.4. The molecule has 102 valence electrons. The third-order valence-electron chi connectivity index (χ3n) is 3.83. The summed E-state index contributed by atoms with van der Waals surface area (Å²) < 4.78 is 17.0. The molecule has 0 N–H and O–H groups in total. The number of hydrogen-bond donors (Lipinski definition) is 0. The Morgan fingerprint density at radius 1 is 1.21 bits per heavy atom. The van der Waals surface area contributed by atoms with Crippen LogP contribution >= 0.6 is 0 Å². The maximum Gasteiger partial charge on any atom is 0.497 e. The average Bonchev–Trinajstić information content (AvgIpc) is 2.57. The minimum absolute atomic E-state index is 0.413. The van der Waals surface area contributed by atoms with Crippen molar-refractivity contribution in [1.82, 2.24) is 4.98 Å². The molecule has 5 nitrogen and oxygen atoms in total. The summed E-state index contributed by atoms with van der Waals surface area (Å²) in [5, 5.41) is 0. The fraction of sp³-hybridized carbons (Fsp3) is 0.538. The molecule has 0 amide bonds. The number of aldehydes is 1. The van der Waals surface area contributed by atoms with Crippen LogP contribution in [0.15, 0.2) is 12.4 Å². The highest BCUT2D eigenvalue weighted by atomic mass is 16.7. The first-order valence-electron chi connectivity index (χ1n) is 6.15. The van der Waals surface area contributed by atoms with E-state index in [-0.39, 0.29) is 0 Å². The molecule has 0 spiro atoms. The van der Waals surface area contributed by atoms with Gasteiger partial charge in [0.15, 0.2) is 6.29 Å². The molecule has 1 saturated heterocycles. The lowest BCUT2D eigenvalue weighted by Gasteiger charge is -2.32. The van der Waals surface area contributed by atoms with Crippen molar-refractivity contribution in [1.29, 1.82) is 0 Å². The Balaban J connectivity index is 2.42. The highest BCUT2D eigenvalue weighted by Gasteiger charge is 2.52. The monoisotopic (exact) mass is 263 g/mol. The molecule has 1 aliphatic heterocycles. The van der Waals surface area contributed by atoms with Crippen LogP contribution in [-0.2, 0) is 9.31 Å². The molecule has 2 rings (SSSR count). The number of carbonyl (C=O) groups is 1. The van der Waals surface area contributed by atoms with Crippen LogP contribution in [0.4, 0.5) is 0 Å². The SMILES string of the molecule is COc1cncc(B2OC(C)(C)C(C)(C)O2)c1C=O. The van der Waals surface area contributed by atoms with Crippen LogP contribution in [-0.4, -0.2) is 36.7 Å². The van der Waals surface area contributed by atoms with Crippen molar-refractivity contribution >= 4 is 18.9 Å². The van der Waals surface area contributed by atoms with Crippen LogP contribution in [0.25, 0.3) is 0 Å². The van der Waals surface area contributed by atoms with E-state index in [9.17, 15) is 4.79 Å². The Kier molecular flexibility index (Phi) is 3.41. The maximum absolute atomic E-state index is 11.3. The highest BCUT2D eigenvalue weighted by Crippen LogP contribution is 2.36. The molecule has 0 aromatic carbocycles. The van der Waals surface area contributed by atoms with Gasteiger partial charge >= 0.3 is 7.12 Å². The third-order valence-corrected chi connectivity index (χ3v) is 3.83. The lowest BCUT2D eigenvalue weighted by atomic mass is 9.77. The van der Waals surface area contributed by atoms with Gasteiger partial charge in [0.05, 0.1) is 30.1 Å². The largest absolute Gasteiger partial charge is 0.497 e. The molecular formula is C13H18BNO4. The summed E-state index contributed by atoms with van der Waals surface area (Å²) in [4.78, 5) is 15.3. The summed E-state index contributed by atoms with van der Waals surface area (Å²) in [5.74, 6) is 0.419. The van der Waals surface area contributed by atoms with E-state index >= 15 is 0 Å². The minimum Gasteiger partial charge on any atom is -0.494 e.